The summed E-state index contributed by atoms with van der Waals surface area (Å²) < 4.78 is 26.7. The minimum absolute atomic E-state index is 0.266. The molecule has 1 amide bonds. The van der Waals surface area contributed by atoms with Crippen molar-refractivity contribution >= 4 is 23.8 Å². The maximum absolute atomic E-state index is 11.6. The van der Waals surface area contributed by atoms with Gasteiger partial charge >= 0.3 is 17.9 Å². The van der Waals surface area contributed by atoms with Crippen molar-refractivity contribution in [3.8, 4) is 0 Å². The second-order valence-corrected chi connectivity index (χ2v) is 6.04. The lowest BCUT2D eigenvalue weighted by atomic mass is 9.96. The lowest BCUT2D eigenvalue weighted by molar-refractivity contribution is -0.269. The van der Waals surface area contributed by atoms with E-state index in [0.717, 1.165) is 0 Å². The van der Waals surface area contributed by atoms with Crippen LogP contribution < -0.4 is 5.32 Å². The van der Waals surface area contributed by atoms with E-state index in [1.54, 1.807) is 6.92 Å². The maximum atomic E-state index is 11.6. The van der Waals surface area contributed by atoms with Gasteiger partial charge in [-0.15, -0.1) is 0 Å². The fraction of sp³-hybridized carbons (Fsp3) is 0.647. The zero-order chi connectivity index (χ0) is 20.7. The molecule has 1 N–H and O–H groups in total. The Labute approximate surface area is 157 Å². The Kier molecular flexibility index (Phi) is 8.23. The quantitative estimate of drug-likeness (QED) is 0.370. The Morgan fingerprint density at radius 2 is 1.48 bits per heavy atom. The average Bonchev–Trinajstić information content (AvgIpc) is 2.49. The second-order valence-electron chi connectivity index (χ2n) is 6.04. The van der Waals surface area contributed by atoms with E-state index in [1.165, 1.54) is 27.7 Å². The molecular formula is C17H25NO9. The van der Waals surface area contributed by atoms with Crippen molar-refractivity contribution in [1.82, 2.24) is 5.32 Å². The zero-order valence-electron chi connectivity index (χ0n) is 16.0. The Hall–Kier alpha value is -2.62. The van der Waals surface area contributed by atoms with Crippen LogP contribution in [0.4, 0.5) is 0 Å². The molecule has 0 bridgehead atoms. The molecule has 0 radical (unpaired) electrons. The summed E-state index contributed by atoms with van der Waals surface area (Å²) in [4.78, 5) is 45.8. The zero-order valence-corrected chi connectivity index (χ0v) is 16.0. The number of ether oxygens (including phenoxy) is 5. The molecule has 5 atom stereocenters. The minimum atomic E-state index is -1.26. The standard InChI is InChI=1S/C17H25NO9/c1-8(2)24-16-14(18-9(3)19)17(26-12(6)22)27-13(7-23-10(4)20)15(16)25-11(5)21/h13-17H,1,7H2,2-6H3,(H,18,19)/t13-,14-,15+,16-,17-/m1/s1. The van der Waals surface area contributed by atoms with E-state index >= 15 is 0 Å². The van der Waals surface area contributed by atoms with Crippen molar-refractivity contribution in [2.45, 2.75) is 65.3 Å². The SMILES string of the molecule is C=C(C)O[C@@H]1[C@@H](NC(C)=O)[C@H](OC(C)=O)O[C@H](COC(C)=O)[C@@H]1OC(C)=O. The lowest BCUT2D eigenvalue weighted by Crippen LogP contribution is -2.66. The van der Waals surface area contributed by atoms with Crippen LogP contribution in [0.5, 0.6) is 0 Å². The summed E-state index contributed by atoms with van der Waals surface area (Å²) in [7, 11) is 0. The highest BCUT2D eigenvalue weighted by atomic mass is 16.7. The molecule has 10 nitrogen and oxygen atoms in total. The van der Waals surface area contributed by atoms with E-state index in [1.807, 2.05) is 0 Å². The Bertz CT molecular complexity index is 603. The van der Waals surface area contributed by atoms with Crippen molar-refractivity contribution < 1.29 is 42.9 Å². The van der Waals surface area contributed by atoms with Crippen molar-refractivity contribution in [3.63, 3.8) is 0 Å². The fourth-order valence-corrected chi connectivity index (χ4v) is 2.60. The van der Waals surface area contributed by atoms with Gasteiger partial charge < -0.3 is 29.0 Å². The monoisotopic (exact) mass is 387 g/mol. The molecule has 152 valence electrons. The molecule has 0 aromatic carbocycles. The van der Waals surface area contributed by atoms with E-state index in [0.29, 0.717) is 0 Å². The van der Waals surface area contributed by atoms with Gasteiger partial charge in [0.2, 0.25) is 12.2 Å². The number of hydrogen-bond acceptors (Lipinski definition) is 9. The van der Waals surface area contributed by atoms with E-state index < -0.39 is 54.5 Å². The van der Waals surface area contributed by atoms with Crippen molar-refractivity contribution in [2.24, 2.45) is 0 Å². The molecule has 10 heteroatoms. The molecule has 1 aliphatic heterocycles. The Balaban J connectivity index is 3.29. The second kappa shape index (κ2) is 9.91. The molecule has 1 heterocycles. The Morgan fingerprint density at radius 1 is 0.889 bits per heavy atom. The molecule has 27 heavy (non-hydrogen) atoms. The maximum Gasteiger partial charge on any atom is 0.305 e. The first-order chi connectivity index (χ1) is 12.5. The molecule has 0 aromatic rings. The van der Waals surface area contributed by atoms with Gasteiger partial charge in [0.1, 0.15) is 18.8 Å². The summed E-state index contributed by atoms with van der Waals surface area (Å²) in [5.41, 5.74) is 0. The predicted octanol–water partition coefficient (Wildman–Crippen LogP) is 0.193. The van der Waals surface area contributed by atoms with Crippen LogP contribution in [0.3, 0.4) is 0 Å². The van der Waals surface area contributed by atoms with Crippen LogP contribution in [0.25, 0.3) is 0 Å². The number of nitrogens with one attached hydrogen (secondary N) is 1. The number of esters is 3. The predicted molar refractivity (Wildman–Crippen MR) is 89.9 cm³/mol. The molecule has 0 aliphatic carbocycles. The van der Waals surface area contributed by atoms with Gasteiger partial charge in [-0.05, 0) is 6.92 Å². The van der Waals surface area contributed by atoms with Crippen LogP contribution in [0, 0.1) is 0 Å². The third kappa shape index (κ3) is 7.26. The molecule has 0 unspecified atom stereocenters. The summed E-state index contributed by atoms with van der Waals surface area (Å²) in [6, 6.07) is -0.999. The van der Waals surface area contributed by atoms with E-state index in [2.05, 4.69) is 11.9 Å². The van der Waals surface area contributed by atoms with Crippen LogP contribution in [0.15, 0.2) is 12.3 Å². The minimum Gasteiger partial charge on any atom is -0.489 e. The first-order valence-electron chi connectivity index (χ1n) is 8.23. The number of allylic oxidation sites excluding steroid dienone is 1. The van der Waals surface area contributed by atoms with Gasteiger partial charge in [0.15, 0.2) is 12.2 Å². The van der Waals surface area contributed by atoms with Gasteiger partial charge in [-0.3, -0.25) is 19.2 Å². The molecule has 1 aliphatic rings. The topological polar surface area (TPSA) is 126 Å². The van der Waals surface area contributed by atoms with Gasteiger partial charge in [-0.2, -0.15) is 0 Å². The van der Waals surface area contributed by atoms with Gasteiger partial charge in [-0.1, -0.05) is 6.58 Å². The van der Waals surface area contributed by atoms with Crippen LogP contribution >= 0.6 is 0 Å². The van der Waals surface area contributed by atoms with Crippen LogP contribution in [-0.4, -0.2) is 61.1 Å². The van der Waals surface area contributed by atoms with Gasteiger partial charge in [0.25, 0.3) is 0 Å². The molecule has 1 rings (SSSR count). The van der Waals surface area contributed by atoms with Crippen molar-refractivity contribution in [1.29, 1.82) is 0 Å². The summed E-state index contributed by atoms with van der Waals surface area (Å²) >= 11 is 0. The molecule has 1 fully saturated rings. The molecule has 0 saturated carbocycles. The summed E-state index contributed by atoms with van der Waals surface area (Å²) in [5.74, 6) is -2.07. The number of hydrogen-bond donors (Lipinski definition) is 1. The molecule has 1 saturated heterocycles. The molecule has 0 aromatic heterocycles. The van der Waals surface area contributed by atoms with E-state index in [4.69, 9.17) is 23.7 Å². The number of rotatable bonds is 7. The van der Waals surface area contributed by atoms with Crippen molar-refractivity contribution in [2.75, 3.05) is 6.61 Å². The largest absolute Gasteiger partial charge is 0.489 e. The number of carbonyl (C=O) groups is 4. The van der Waals surface area contributed by atoms with Gasteiger partial charge in [-0.25, -0.2) is 0 Å². The lowest BCUT2D eigenvalue weighted by Gasteiger charge is -2.44. The normalized spacial score (nSPS) is 27.1. The summed E-state index contributed by atoms with van der Waals surface area (Å²) in [6.07, 6.45) is -4.34. The van der Waals surface area contributed by atoms with Crippen LogP contribution in [-0.2, 0) is 42.9 Å². The number of carbonyl (C=O) groups excluding carboxylic acids is 4. The third-order valence-corrected chi connectivity index (χ3v) is 3.39. The first-order valence-corrected chi connectivity index (χ1v) is 8.23. The third-order valence-electron chi connectivity index (χ3n) is 3.39. The number of amides is 1. The molecule has 0 spiro atoms. The van der Waals surface area contributed by atoms with Crippen LogP contribution in [0.2, 0.25) is 0 Å². The fourth-order valence-electron chi connectivity index (χ4n) is 2.60. The average molecular weight is 387 g/mol. The Morgan fingerprint density at radius 3 is 1.93 bits per heavy atom. The first kappa shape index (κ1) is 22.4. The molecular weight excluding hydrogens is 362 g/mol. The highest BCUT2D eigenvalue weighted by Gasteiger charge is 2.51. The van der Waals surface area contributed by atoms with E-state index in [-0.39, 0.29) is 12.4 Å². The smallest absolute Gasteiger partial charge is 0.305 e. The highest BCUT2D eigenvalue weighted by Crippen LogP contribution is 2.29. The summed E-state index contributed by atoms with van der Waals surface area (Å²) in [6.45, 7) is 9.75. The van der Waals surface area contributed by atoms with E-state index in [9.17, 15) is 19.2 Å². The highest BCUT2D eigenvalue weighted by molar-refractivity contribution is 5.73. The van der Waals surface area contributed by atoms with Gasteiger partial charge in [0, 0.05) is 27.7 Å². The van der Waals surface area contributed by atoms with Crippen LogP contribution in [0.1, 0.15) is 34.6 Å². The van der Waals surface area contributed by atoms with Gasteiger partial charge in [0.05, 0.1) is 5.76 Å². The summed E-state index contributed by atoms with van der Waals surface area (Å²) in [5, 5.41) is 2.57. The van der Waals surface area contributed by atoms with Crippen molar-refractivity contribution in [3.05, 3.63) is 12.3 Å².